The van der Waals surface area contributed by atoms with Crippen LogP contribution in [0.1, 0.15) is 56.8 Å². The lowest BCUT2D eigenvalue weighted by Crippen LogP contribution is -2.44. The van der Waals surface area contributed by atoms with Crippen molar-refractivity contribution in [2.45, 2.75) is 64.4 Å². The molecule has 0 radical (unpaired) electrons. The van der Waals surface area contributed by atoms with Gasteiger partial charge in [0.25, 0.3) is 0 Å². The van der Waals surface area contributed by atoms with Gasteiger partial charge in [-0.2, -0.15) is 13.2 Å². The fourth-order valence-electron chi connectivity index (χ4n) is 4.43. The number of carbonyl (C=O) groups is 2. The molecule has 3 aromatic rings. The Labute approximate surface area is 220 Å². The Hall–Kier alpha value is -3.53. The maximum atomic E-state index is 13.7. The summed E-state index contributed by atoms with van der Waals surface area (Å²) in [5, 5.41) is 13.6. The Balaban J connectivity index is 1.80. The highest BCUT2D eigenvalue weighted by Crippen LogP contribution is 2.36. The number of fused-ring (bicyclic) bond motifs is 1. The van der Waals surface area contributed by atoms with Gasteiger partial charge < -0.3 is 25.0 Å². The van der Waals surface area contributed by atoms with E-state index in [0.717, 1.165) is 22.5 Å². The zero-order valence-electron chi connectivity index (χ0n) is 21.9. The molecule has 1 heterocycles. The van der Waals surface area contributed by atoms with Gasteiger partial charge in [0, 0.05) is 36.2 Å². The summed E-state index contributed by atoms with van der Waals surface area (Å²) in [6.07, 6.45) is -3.26. The number of H-pyrrole nitrogens is 1. The SMILES string of the molecule is CC(c1ccccc1C(F)(F)F)N(CCN[C@H](CC(=O)O)Cc1c[nH]c2ccccc12)C(=O)OC(C)(C)C. The van der Waals surface area contributed by atoms with Gasteiger partial charge in [-0.15, -0.1) is 0 Å². The third kappa shape index (κ3) is 7.74. The Morgan fingerprint density at radius 2 is 1.74 bits per heavy atom. The molecular formula is C28H34F3N3O4. The summed E-state index contributed by atoms with van der Waals surface area (Å²) in [6.45, 7) is 6.72. The molecule has 1 unspecified atom stereocenters. The number of para-hydroxylation sites is 1. The number of carboxylic acid groups (broad SMARTS) is 1. The number of alkyl halides is 3. The summed E-state index contributed by atoms with van der Waals surface area (Å²) in [6, 6.07) is 11.4. The molecular weight excluding hydrogens is 499 g/mol. The van der Waals surface area contributed by atoms with E-state index < -0.39 is 41.5 Å². The van der Waals surface area contributed by atoms with E-state index in [4.69, 9.17) is 4.74 Å². The molecule has 7 nitrogen and oxygen atoms in total. The number of carbonyl (C=O) groups excluding carboxylic acids is 1. The molecule has 0 aliphatic rings. The van der Waals surface area contributed by atoms with Gasteiger partial charge in [-0.1, -0.05) is 36.4 Å². The number of rotatable bonds is 10. The Morgan fingerprint density at radius 1 is 1.08 bits per heavy atom. The zero-order valence-corrected chi connectivity index (χ0v) is 21.9. The number of nitrogens with one attached hydrogen (secondary N) is 2. The molecule has 3 N–H and O–H groups in total. The molecule has 206 valence electrons. The molecule has 10 heteroatoms. The first-order chi connectivity index (χ1) is 17.8. The number of nitrogens with zero attached hydrogens (tertiary/aromatic N) is 1. The average Bonchev–Trinajstić information content (AvgIpc) is 3.22. The molecule has 0 bridgehead atoms. The minimum absolute atomic E-state index is 0.00623. The smallest absolute Gasteiger partial charge is 0.416 e. The summed E-state index contributed by atoms with van der Waals surface area (Å²) < 4.78 is 46.6. The van der Waals surface area contributed by atoms with Crippen LogP contribution in [0.3, 0.4) is 0 Å². The summed E-state index contributed by atoms with van der Waals surface area (Å²) in [4.78, 5) is 29.1. The minimum atomic E-state index is -4.59. The second-order valence-electron chi connectivity index (χ2n) is 10.2. The van der Waals surface area contributed by atoms with Crippen LogP contribution in [-0.4, -0.2) is 51.8 Å². The van der Waals surface area contributed by atoms with Gasteiger partial charge in [-0.3, -0.25) is 4.79 Å². The lowest BCUT2D eigenvalue weighted by molar-refractivity contribution is -0.139. The van der Waals surface area contributed by atoms with Crippen LogP contribution < -0.4 is 5.32 Å². The van der Waals surface area contributed by atoms with E-state index in [0.29, 0.717) is 6.42 Å². The first-order valence-electron chi connectivity index (χ1n) is 12.4. The normalized spacial score (nSPS) is 13.8. The van der Waals surface area contributed by atoms with Crippen molar-refractivity contribution in [2.24, 2.45) is 0 Å². The van der Waals surface area contributed by atoms with Crippen molar-refractivity contribution in [3.05, 3.63) is 71.4 Å². The summed E-state index contributed by atoms with van der Waals surface area (Å²) >= 11 is 0. The van der Waals surface area contributed by atoms with Crippen molar-refractivity contribution in [3.8, 4) is 0 Å². The van der Waals surface area contributed by atoms with Crippen LogP contribution in [0, 0.1) is 0 Å². The van der Waals surface area contributed by atoms with E-state index in [1.54, 1.807) is 20.8 Å². The quantitative estimate of drug-likeness (QED) is 0.290. The molecule has 3 rings (SSSR count). The van der Waals surface area contributed by atoms with E-state index in [1.807, 2.05) is 30.5 Å². The van der Waals surface area contributed by atoms with Gasteiger partial charge >= 0.3 is 18.2 Å². The van der Waals surface area contributed by atoms with Crippen LogP contribution in [0.5, 0.6) is 0 Å². The number of aromatic amines is 1. The number of halogens is 3. The van der Waals surface area contributed by atoms with Crippen molar-refractivity contribution >= 4 is 23.0 Å². The topological polar surface area (TPSA) is 94.7 Å². The number of benzene rings is 2. The molecule has 2 aromatic carbocycles. The predicted octanol–water partition coefficient (Wildman–Crippen LogP) is 6.16. The molecule has 0 fully saturated rings. The number of hydrogen-bond donors (Lipinski definition) is 3. The fourth-order valence-corrected chi connectivity index (χ4v) is 4.43. The van der Waals surface area contributed by atoms with E-state index in [2.05, 4.69) is 10.3 Å². The number of aliphatic carboxylic acids is 1. The van der Waals surface area contributed by atoms with Gasteiger partial charge in [-0.05, 0) is 57.4 Å². The number of amides is 1. The molecule has 2 atom stereocenters. The minimum Gasteiger partial charge on any atom is -0.481 e. The highest BCUT2D eigenvalue weighted by Gasteiger charge is 2.37. The Kier molecular flexibility index (Phi) is 9.09. The first-order valence-corrected chi connectivity index (χ1v) is 12.4. The van der Waals surface area contributed by atoms with Crippen LogP contribution in [0.4, 0.5) is 18.0 Å². The Bertz CT molecular complexity index is 1250. The highest BCUT2D eigenvalue weighted by molar-refractivity contribution is 5.83. The largest absolute Gasteiger partial charge is 0.481 e. The van der Waals surface area contributed by atoms with Gasteiger partial charge in [0.1, 0.15) is 5.60 Å². The van der Waals surface area contributed by atoms with E-state index in [9.17, 15) is 27.9 Å². The standard InChI is InChI=1S/C28H34F3N3O4/c1-18(21-9-5-7-11-23(21)28(29,30)31)34(26(37)38-27(2,3)4)14-13-32-20(16-25(35)36)15-19-17-33-24-12-8-6-10-22(19)24/h5-12,17-18,20,32-33H,13-16H2,1-4H3,(H,35,36)/t18?,20-/m0/s1. The molecule has 1 aromatic heterocycles. The van der Waals surface area contributed by atoms with Gasteiger partial charge in [0.15, 0.2) is 0 Å². The monoisotopic (exact) mass is 533 g/mol. The van der Waals surface area contributed by atoms with Crippen molar-refractivity contribution in [1.82, 2.24) is 15.2 Å². The van der Waals surface area contributed by atoms with Gasteiger partial charge in [-0.25, -0.2) is 4.79 Å². The molecule has 0 aliphatic carbocycles. The zero-order chi connectivity index (χ0) is 28.1. The van der Waals surface area contributed by atoms with Crippen LogP contribution >= 0.6 is 0 Å². The predicted molar refractivity (Wildman–Crippen MR) is 139 cm³/mol. The first kappa shape index (κ1) is 29.0. The molecule has 1 amide bonds. The van der Waals surface area contributed by atoms with Crippen molar-refractivity contribution in [3.63, 3.8) is 0 Å². The van der Waals surface area contributed by atoms with Gasteiger partial charge in [0.2, 0.25) is 0 Å². The maximum Gasteiger partial charge on any atom is 0.416 e. The van der Waals surface area contributed by atoms with Crippen molar-refractivity contribution in [1.29, 1.82) is 0 Å². The van der Waals surface area contributed by atoms with Crippen LogP contribution in [0.25, 0.3) is 10.9 Å². The van der Waals surface area contributed by atoms with E-state index in [1.165, 1.54) is 30.0 Å². The lowest BCUT2D eigenvalue weighted by atomic mass is 10.00. The second kappa shape index (κ2) is 11.9. The van der Waals surface area contributed by atoms with E-state index in [-0.39, 0.29) is 25.1 Å². The van der Waals surface area contributed by atoms with Crippen LogP contribution in [0.2, 0.25) is 0 Å². The lowest BCUT2D eigenvalue weighted by Gasteiger charge is -2.33. The fraction of sp³-hybridized carbons (Fsp3) is 0.429. The van der Waals surface area contributed by atoms with Gasteiger partial charge in [0.05, 0.1) is 18.0 Å². The summed E-state index contributed by atoms with van der Waals surface area (Å²) in [5.74, 6) is -0.987. The highest BCUT2D eigenvalue weighted by atomic mass is 19.4. The summed E-state index contributed by atoms with van der Waals surface area (Å²) in [5.41, 5.74) is 0.150. The van der Waals surface area contributed by atoms with E-state index >= 15 is 0 Å². The second-order valence-corrected chi connectivity index (χ2v) is 10.2. The molecule has 0 aliphatic heterocycles. The number of carboxylic acids is 1. The number of ether oxygens (including phenoxy) is 1. The molecule has 0 saturated heterocycles. The molecule has 0 saturated carbocycles. The number of aromatic nitrogens is 1. The third-order valence-corrected chi connectivity index (χ3v) is 6.16. The Morgan fingerprint density at radius 3 is 2.39 bits per heavy atom. The average molecular weight is 534 g/mol. The third-order valence-electron chi connectivity index (χ3n) is 6.16. The van der Waals surface area contributed by atoms with Crippen molar-refractivity contribution in [2.75, 3.05) is 13.1 Å². The molecule has 0 spiro atoms. The summed E-state index contributed by atoms with van der Waals surface area (Å²) in [7, 11) is 0. The molecule has 38 heavy (non-hydrogen) atoms. The maximum absolute atomic E-state index is 13.7. The van der Waals surface area contributed by atoms with Crippen LogP contribution in [-0.2, 0) is 22.1 Å². The number of hydrogen-bond acceptors (Lipinski definition) is 4. The van der Waals surface area contributed by atoms with Crippen LogP contribution in [0.15, 0.2) is 54.7 Å². The van der Waals surface area contributed by atoms with Crippen molar-refractivity contribution < 1.29 is 32.6 Å².